The highest BCUT2D eigenvalue weighted by Gasteiger charge is 2.05. The average Bonchev–Trinajstić information content (AvgIpc) is 2.54. The first-order chi connectivity index (χ1) is 7.18. The van der Waals surface area contributed by atoms with Crippen molar-refractivity contribution in [2.75, 3.05) is 11.9 Å². The zero-order chi connectivity index (χ0) is 10.8. The Hall–Kier alpha value is -1.77. The van der Waals surface area contributed by atoms with E-state index in [-0.39, 0.29) is 5.78 Å². The molecule has 0 saturated carbocycles. The summed E-state index contributed by atoms with van der Waals surface area (Å²) in [6, 6.07) is 8.13. The number of fused-ring (bicyclic) bond motifs is 1. The van der Waals surface area contributed by atoms with Gasteiger partial charge >= 0.3 is 0 Å². The first-order valence-corrected chi connectivity index (χ1v) is 4.96. The molecule has 0 amide bonds. The van der Waals surface area contributed by atoms with Crippen LogP contribution in [0.15, 0.2) is 30.5 Å². The van der Waals surface area contributed by atoms with Crippen LogP contribution in [-0.4, -0.2) is 16.9 Å². The minimum Gasteiger partial charge on any atom is -0.376 e. The van der Waals surface area contributed by atoms with Crippen molar-refractivity contribution < 1.29 is 4.79 Å². The second-order valence-electron chi connectivity index (χ2n) is 3.73. The van der Waals surface area contributed by atoms with Gasteiger partial charge in [0.1, 0.15) is 5.78 Å². The van der Waals surface area contributed by atoms with Gasteiger partial charge in [-0.25, -0.2) is 0 Å². The number of aromatic nitrogens is 1. The predicted octanol–water partition coefficient (Wildman–Crippen LogP) is 2.18. The minimum absolute atomic E-state index is 0.142. The maximum absolute atomic E-state index is 10.9. The van der Waals surface area contributed by atoms with Crippen molar-refractivity contribution in [2.45, 2.75) is 6.92 Å². The van der Waals surface area contributed by atoms with Crippen LogP contribution < -0.4 is 5.32 Å². The summed E-state index contributed by atoms with van der Waals surface area (Å²) in [5.74, 6) is 0.142. The molecular weight excluding hydrogens is 188 g/mol. The summed E-state index contributed by atoms with van der Waals surface area (Å²) in [7, 11) is 2.00. The molecule has 0 spiro atoms. The van der Waals surface area contributed by atoms with Crippen LogP contribution >= 0.6 is 0 Å². The summed E-state index contributed by atoms with van der Waals surface area (Å²) in [5, 5.41) is 4.29. The molecule has 2 rings (SSSR count). The maximum Gasteiger partial charge on any atom is 0.148 e. The molecule has 0 aliphatic rings. The number of carbonyl (C=O) groups excluding carboxylic acids is 1. The Labute approximate surface area is 88.7 Å². The first kappa shape index (κ1) is 9.77. The Morgan fingerprint density at radius 3 is 2.87 bits per heavy atom. The average molecular weight is 202 g/mol. The van der Waals surface area contributed by atoms with Crippen LogP contribution in [0.5, 0.6) is 0 Å². The van der Waals surface area contributed by atoms with Crippen LogP contribution in [0, 0.1) is 0 Å². The van der Waals surface area contributed by atoms with Crippen molar-refractivity contribution in [3.63, 3.8) is 0 Å². The lowest BCUT2D eigenvalue weighted by molar-refractivity contribution is -0.115. The number of hydrogen-bond donors (Lipinski definition) is 1. The fraction of sp³-hybridized carbons (Fsp3) is 0.250. The molecule has 0 bridgehead atoms. The summed E-state index contributed by atoms with van der Waals surface area (Å²) < 4.78 is 2.05. The van der Waals surface area contributed by atoms with Crippen LogP contribution in [-0.2, 0) is 11.8 Å². The number of benzene rings is 1. The number of para-hydroxylation sites is 1. The van der Waals surface area contributed by atoms with Crippen molar-refractivity contribution in [3.8, 4) is 0 Å². The fourth-order valence-electron chi connectivity index (χ4n) is 1.70. The molecule has 1 aromatic carbocycles. The molecule has 3 nitrogen and oxygen atoms in total. The van der Waals surface area contributed by atoms with Gasteiger partial charge in [-0.1, -0.05) is 18.2 Å². The number of Topliss-reactive ketones (excluding diaryl/α,β-unsaturated/α-hetero) is 1. The lowest BCUT2D eigenvalue weighted by atomic mass is 10.2. The summed E-state index contributed by atoms with van der Waals surface area (Å²) >= 11 is 0. The zero-order valence-electron chi connectivity index (χ0n) is 8.95. The van der Waals surface area contributed by atoms with E-state index in [1.165, 1.54) is 5.52 Å². The molecule has 78 valence electrons. The molecule has 0 radical (unpaired) electrons. The molecule has 0 atom stereocenters. The number of nitrogens with zero attached hydrogens (tertiary/aromatic N) is 1. The Kier molecular flexibility index (Phi) is 2.46. The van der Waals surface area contributed by atoms with E-state index in [0.29, 0.717) is 6.54 Å². The lowest BCUT2D eigenvalue weighted by Gasteiger charge is -2.00. The van der Waals surface area contributed by atoms with E-state index in [2.05, 4.69) is 22.0 Å². The molecule has 2 aromatic rings. The highest BCUT2D eigenvalue weighted by molar-refractivity contribution is 5.94. The Morgan fingerprint density at radius 2 is 2.13 bits per heavy atom. The van der Waals surface area contributed by atoms with Crippen molar-refractivity contribution in [1.29, 1.82) is 0 Å². The third kappa shape index (κ3) is 1.86. The smallest absolute Gasteiger partial charge is 0.148 e. The van der Waals surface area contributed by atoms with Gasteiger partial charge in [0.05, 0.1) is 12.2 Å². The largest absolute Gasteiger partial charge is 0.376 e. The summed E-state index contributed by atoms with van der Waals surface area (Å²) in [6.07, 6.45) is 2.01. The molecule has 0 aliphatic heterocycles. The van der Waals surface area contributed by atoms with Crippen LogP contribution in [0.2, 0.25) is 0 Å². The van der Waals surface area contributed by atoms with E-state index in [0.717, 1.165) is 11.1 Å². The van der Waals surface area contributed by atoms with Crippen LogP contribution in [0.3, 0.4) is 0 Å². The number of hydrogen-bond acceptors (Lipinski definition) is 2. The predicted molar refractivity (Wildman–Crippen MR) is 62.1 cm³/mol. The van der Waals surface area contributed by atoms with Gasteiger partial charge in [0.25, 0.3) is 0 Å². The van der Waals surface area contributed by atoms with Gasteiger partial charge in [-0.3, -0.25) is 4.79 Å². The number of carbonyl (C=O) groups is 1. The molecule has 0 aliphatic carbocycles. The van der Waals surface area contributed by atoms with E-state index < -0.39 is 0 Å². The van der Waals surface area contributed by atoms with E-state index in [1.807, 2.05) is 25.4 Å². The molecule has 1 aromatic heterocycles. The first-order valence-electron chi connectivity index (χ1n) is 4.96. The van der Waals surface area contributed by atoms with Crippen molar-refractivity contribution in [3.05, 3.63) is 30.5 Å². The second kappa shape index (κ2) is 3.77. The molecule has 0 unspecified atom stereocenters. The van der Waals surface area contributed by atoms with Gasteiger partial charge in [0.15, 0.2) is 0 Å². The second-order valence-corrected chi connectivity index (χ2v) is 3.73. The number of aryl methyl sites for hydroxylation is 1. The standard InChI is InChI=1S/C12H14N2O/c1-9(15)7-13-11-8-14(2)12-6-4-3-5-10(11)12/h3-6,8,13H,7H2,1-2H3. The highest BCUT2D eigenvalue weighted by atomic mass is 16.1. The number of nitrogens with one attached hydrogen (secondary N) is 1. The van der Waals surface area contributed by atoms with E-state index in [1.54, 1.807) is 6.92 Å². The van der Waals surface area contributed by atoms with E-state index in [9.17, 15) is 4.79 Å². The fourth-order valence-corrected chi connectivity index (χ4v) is 1.70. The Bertz CT molecular complexity index is 499. The third-order valence-electron chi connectivity index (χ3n) is 2.42. The normalized spacial score (nSPS) is 10.5. The third-order valence-corrected chi connectivity index (χ3v) is 2.42. The number of anilines is 1. The van der Waals surface area contributed by atoms with Gasteiger partial charge in [-0.2, -0.15) is 0 Å². The van der Waals surface area contributed by atoms with Gasteiger partial charge in [0.2, 0.25) is 0 Å². The molecule has 1 heterocycles. The molecule has 3 heteroatoms. The quantitative estimate of drug-likeness (QED) is 0.827. The lowest BCUT2D eigenvalue weighted by Crippen LogP contribution is -2.09. The van der Waals surface area contributed by atoms with Crippen LogP contribution in [0.4, 0.5) is 5.69 Å². The van der Waals surface area contributed by atoms with Gasteiger partial charge < -0.3 is 9.88 Å². The zero-order valence-corrected chi connectivity index (χ0v) is 8.95. The van der Waals surface area contributed by atoms with Crippen molar-refractivity contribution in [1.82, 2.24) is 4.57 Å². The topological polar surface area (TPSA) is 34.0 Å². The van der Waals surface area contributed by atoms with Crippen LogP contribution in [0.1, 0.15) is 6.92 Å². The van der Waals surface area contributed by atoms with Gasteiger partial charge in [-0.15, -0.1) is 0 Å². The SMILES string of the molecule is CC(=O)CNc1cn(C)c2ccccc12. The van der Waals surface area contributed by atoms with E-state index >= 15 is 0 Å². The Balaban J connectivity index is 2.39. The van der Waals surface area contributed by atoms with Crippen LogP contribution in [0.25, 0.3) is 10.9 Å². The Morgan fingerprint density at radius 1 is 1.40 bits per heavy atom. The molecule has 0 fully saturated rings. The molecule has 1 N–H and O–H groups in total. The van der Waals surface area contributed by atoms with E-state index in [4.69, 9.17) is 0 Å². The summed E-state index contributed by atoms with van der Waals surface area (Å²) in [4.78, 5) is 10.9. The van der Waals surface area contributed by atoms with Crippen molar-refractivity contribution in [2.24, 2.45) is 7.05 Å². The maximum atomic E-state index is 10.9. The molecule has 15 heavy (non-hydrogen) atoms. The van der Waals surface area contributed by atoms with Crippen molar-refractivity contribution >= 4 is 22.4 Å². The molecule has 0 saturated heterocycles. The van der Waals surface area contributed by atoms with Gasteiger partial charge in [-0.05, 0) is 13.0 Å². The minimum atomic E-state index is 0.142. The summed E-state index contributed by atoms with van der Waals surface area (Å²) in [6.45, 7) is 1.96. The van der Waals surface area contributed by atoms with Gasteiger partial charge in [0, 0.05) is 24.1 Å². The number of rotatable bonds is 3. The number of ketones is 1. The monoisotopic (exact) mass is 202 g/mol. The molecular formula is C12H14N2O. The highest BCUT2D eigenvalue weighted by Crippen LogP contribution is 2.24. The summed E-state index contributed by atoms with van der Waals surface area (Å²) in [5.41, 5.74) is 2.19.